The van der Waals surface area contributed by atoms with Gasteiger partial charge in [-0.1, -0.05) is 60.2 Å². The number of aromatic nitrogens is 2. The second-order valence-corrected chi connectivity index (χ2v) is 11.1. The number of ether oxygens (including phenoxy) is 1. The Labute approximate surface area is 234 Å². The van der Waals surface area contributed by atoms with Gasteiger partial charge in [0.05, 0.1) is 12.2 Å². The van der Waals surface area contributed by atoms with Crippen molar-refractivity contribution in [2.45, 2.75) is 45.4 Å². The molecule has 1 saturated heterocycles. The number of anilines is 1. The van der Waals surface area contributed by atoms with Gasteiger partial charge in [-0.15, -0.1) is 0 Å². The highest BCUT2D eigenvalue weighted by atomic mass is 32.2. The summed E-state index contributed by atoms with van der Waals surface area (Å²) in [6.45, 7) is 6.24. The number of nitrogens with zero attached hydrogens (tertiary/aromatic N) is 4. The van der Waals surface area contributed by atoms with Gasteiger partial charge < -0.3 is 19.1 Å². The van der Waals surface area contributed by atoms with E-state index in [4.69, 9.17) is 18.9 Å². The number of rotatable bonds is 11. The number of hydrogen-bond acceptors (Lipinski definition) is 8. The van der Waals surface area contributed by atoms with Crippen molar-refractivity contribution in [2.24, 2.45) is 0 Å². The van der Waals surface area contributed by atoms with E-state index in [1.165, 1.54) is 34.3 Å². The largest absolute Gasteiger partial charge is 0.472 e. The zero-order valence-electron chi connectivity index (χ0n) is 22.6. The van der Waals surface area contributed by atoms with Crippen LogP contribution in [0.2, 0.25) is 0 Å². The van der Waals surface area contributed by atoms with E-state index in [9.17, 15) is 0 Å². The highest BCUT2D eigenvalue weighted by Crippen LogP contribution is 2.36. The Bertz CT molecular complexity index is 1430. The summed E-state index contributed by atoms with van der Waals surface area (Å²) in [4.78, 5) is 12.0. The SMILES string of the molecule is CNCCCC1CN1SOc1nc2c(c(OCc3ccccc3)n1)CCN(c1cccc3ccc(C)cc13)C2. The van der Waals surface area contributed by atoms with Crippen LogP contribution >= 0.6 is 12.2 Å². The second-order valence-electron chi connectivity index (χ2n) is 10.3. The molecule has 202 valence electrons. The number of aryl methyl sites for hydroxylation is 1. The molecule has 2 atom stereocenters. The van der Waals surface area contributed by atoms with Crippen LogP contribution in [0.1, 0.15) is 35.2 Å². The molecule has 7 nitrogen and oxygen atoms in total. The molecular weight excluding hydrogens is 506 g/mol. The fourth-order valence-electron chi connectivity index (χ4n) is 5.19. The normalized spacial score (nSPS) is 18.2. The zero-order valence-corrected chi connectivity index (χ0v) is 23.4. The summed E-state index contributed by atoms with van der Waals surface area (Å²) in [7, 11) is 2.00. The minimum atomic E-state index is 0.360. The molecule has 1 fully saturated rings. The van der Waals surface area contributed by atoms with Crippen molar-refractivity contribution in [2.75, 3.05) is 31.6 Å². The Hall–Kier alpha value is -3.33. The lowest BCUT2D eigenvalue weighted by atomic mass is 10.0. The van der Waals surface area contributed by atoms with Crippen molar-refractivity contribution in [3.63, 3.8) is 0 Å². The summed E-state index contributed by atoms with van der Waals surface area (Å²) in [5.41, 5.74) is 5.65. The van der Waals surface area contributed by atoms with Gasteiger partial charge in [-0.05, 0) is 62.9 Å². The molecule has 0 aliphatic carbocycles. The van der Waals surface area contributed by atoms with Crippen LogP contribution in [0.3, 0.4) is 0 Å². The maximum Gasteiger partial charge on any atom is 0.333 e. The number of fused-ring (bicyclic) bond motifs is 2. The average molecular weight is 542 g/mol. The van der Waals surface area contributed by atoms with Gasteiger partial charge in [0.15, 0.2) is 12.2 Å². The number of nitrogens with one attached hydrogen (secondary N) is 1. The lowest BCUT2D eigenvalue weighted by molar-refractivity contribution is 0.285. The highest BCUT2D eigenvalue weighted by Gasteiger charge is 2.36. The van der Waals surface area contributed by atoms with Crippen LogP contribution < -0.4 is 19.1 Å². The molecule has 4 aromatic rings. The van der Waals surface area contributed by atoms with Crippen molar-refractivity contribution in [3.05, 3.63) is 89.1 Å². The lowest BCUT2D eigenvalue weighted by Gasteiger charge is -2.31. The van der Waals surface area contributed by atoms with Crippen LogP contribution in [0.15, 0.2) is 66.7 Å². The van der Waals surface area contributed by atoms with Crippen LogP contribution in [0.4, 0.5) is 5.69 Å². The Kier molecular flexibility index (Phi) is 7.85. The molecule has 6 rings (SSSR count). The minimum absolute atomic E-state index is 0.360. The molecule has 3 aromatic carbocycles. The third kappa shape index (κ3) is 6.13. The summed E-state index contributed by atoms with van der Waals surface area (Å²) in [5, 5.41) is 5.74. The van der Waals surface area contributed by atoms with E-state index in [-0.39, 0.29) is 0 Å². The monoisotopic (exact) mass is 541 g/mol. The van der Waals surface area contributed by atoms with Crippen molar-refractivity contribution in [1.82, 2.24) is 19.6 Å². The predicted octanol–water partition coefficient (Wildman–Crippen LogP) is 5.71. The maximum atomic E-state index is 6.29. The maximum absolute atomic E-state index is 6.29. The van der Waals surface area contributed by atoms with Crippen LogP contribution in [0.25, 0.3) is 10.8 Å². The van der Waals surface area contributed by atoms with Crippen LogP contribution in [-0.2, 0) is 19.6 Å². The average Bonchev–Trinajstić information content (AvgIpc) is 3.73. The predicted molar refractivity (Wildman–Crippen MR) is 158 cm³/mol. The summed E-state index contributed by atoms with van der Waals surface area (Å²) in [6.07, 6.45) is 3.14. The van der Waals surface area contributed by atoms with Crippen LogP contribution in [0.5, 0.6) is 11.9 Å². The molecule has 2 aliphatic heterocycles. The summed E-state index contributed by atoms with van der Waals surface area (Å²) >= 11 is 1.35. The first-order valence-corrected chi connectivity index (χ1v) is 14.4. The summed E-state index contributed by atoms with van der Waals surface area (Å²) < 4.78 is 14.6. The lowest BCUT2D eigenvalue weighted by Crippen LogP contribution is -2.32. The zero-order chi connectivity index (χ0) is 26.6. The summed E-state index contributed by atoms with van der Waals surface area (Å²) in [6, 6.07) is 24.3. The molecule has 1 N–H and O–H groups in total. The Morgan fingerprint density at radius 1 is 1.05 bits per heavy atom. The second kappa shape index (κ2) is 11.8. The Morgan fingerprint density at radius 2 is 1.95 bits per heavy atom. The fraction of sp³-hybridized carbons (Fsp3) is 0.355. The van der Waals surface area contributed by atoms with E-state index in [1.807, 2.05) is 25.2 Å². The van der Waals surface area contributed by atoms with E-state index in [1.54, 1.807) is 0 Å². The smallest absolute Gasteiger partial charge is 0.333 e. The first-order valence-electron chi connectivity index (χ1n) is 13.7. The molecule has 8 heteroatoms. The van der Waals surface area contributed by atoms with Gasteiger partial charge >= 0.3 is 6.01 Å². The summed E-state index contributed by atoms with van der Waals surface area (Å²) in [5.74, 6) is 0.629. The molecule has 0 spiro atoms. The topological polar surface area (TPSA) is 62.5 Å². The number of hydrogen-bond donors (Lipinski definition) is 1. The van der Waals surface area contributed by atoms with Gasteiger partial charge in [0.25, 0.3) is 0 Å². The van der Waals surface area contributed by atoms with Gasteiger partial charge in [0.1, 0.15) is 6.61 Å². The van der Waals surface area contributed by atoms with Crippen LogP contribution in [0, 0.1) is 6.92 Å². The van der Waals surface area contributed by atoms with Gasteiger partial charge in [-0.2, -0.15) is 9.97 Å². The van der Waals surface area contributed by atoms with Gasteiger partial charge in [0.2, 0.25) is 5.88 Å². The molecule has 0 amide bonds. The number of benzene rings is 3. The molecule has 1 aromatic heterocycles. The van der Waals surface area contributed by atoms with Gasteiger partial charge in [-0.3, -0.25) is 0 Å². The first kappa shape index (κ1) is 25.9. The van der Waals surface area contributed by atoms with Gasteiger partial charge in [0, 0.05) is 35.8 Å². The Balaban J connectivity index is 1.23. The third-order valence-corrected chi connectivity index (χ3v) is 8.28. The third-order valence-electron chi connectivity index (χ3n) is 7.42. The van der Waals surface area contributed by atoms with E-state index < -0.39 is 0 Å². The minimum Gasteiger partial charge on any atom is -0.472 e. The fourth-order valence-corrected chi connectivity index (χ4v) is 5.89. The quantitative estimate of drug-likeness (QED) is 0.112. The molecule has 2 aliphatic rings. The molecule has 0 saturated carbocycles. The van der Waals surface area contributed by atoms with E-state index in [0.717, 1.165) is 55.7 Å². The van der Waals surface area contributed by atoms with Crippen molar-refractivity contribution >= 4 is 28.7 Å². The molecular formula is C31H35N5O2S. The molecule has 2 unspecified atom stereocenters. The molecule has 3 heterocycles. The highest BCUT2D eigenvalue weighted by molar-refractivity contribution is 7.92. The van der Waals surface area contributed by atoms with Crippen LogP contribution in [-0.4, -0.2) is 47.0 Å². The molecule has 0 radical (unpaired) electrons. The van der Waals surface area contributed by atoms with Crippen molar-refractivity contribution in [1.29, 1.82) is 0 Å². The standard InChI is InChI=1S/C31H35N5O2S/c1-22-13-14-24-10-6-12-29(27(24)18-22)35-17-15-26-28(20-35)33-31(38-39-36-19-25(36)11-7-16-32-2)34-30(26)37-21-23-8-4-3-5-9-23/h3-6,8-10,12-14,18,25,32H,7,11,15-17,19-21H2,1-2H3. The first-order chi connectivity index (χ1) is 19.2. The van der Waals surface area contributed by atoms with Crippen molar-refractivity contribution in [3.8, 4) is 11.9 Å². The van der Waals surface area contributed by atoms with E-state index in [0.29, 0.717) is 31.1 Å². The van der Waals surface area contributed by atoms with E-state index in [2.05, 4.69) is 70.0 Å². The van der Waals surface area contributed by atoms with Crippen molar-refractivity contribution < 1.29 is 8.92 Å². The molecule has 0 bridgehead atoms. The Morgan fingerprint density at radius 3 is 2.82 bits per heavy atom. The van der Waals surface area contributed by atoms with Gasteiger partial charge in [-0.25, -0.2) is 4.31 Å². The molecule has 39 heavy (non-hydrogen) atoms. The van der Waals surface area contributed by atoms with E-state index >= 15 is 0 Å².